The van der Waals surface area contributed by atoms with Crippen molar-refractivity contribution in [2.45, 2.75) is 26.7 Å². The Hall–Kier alpha value is -3.22. The van der Waals surface area contributed by atoms with Crippen LogP contribution in [0.3, 0.4) is 0 Å². The van der Waals surface area contributed by atoms with Gasteiger partial charge in [-0.15, -0.1) is 0 Å². The zero-order valence-electron chi connectivity index (χ0n) is 16.4. The molecule has 0 bridgehead atoms. The molecule has 1 aromatic carbocycles. The van der Waals surface area contributed by atoms with Crippen molar-refractivity contribution < 1.29 is 4.79 Å². The summed E-state index contributed by atoms with van der Waals surface area (Å²) in [6.07, 6.45) is 3.89. The van der Waals surface area contributed by atoms with Crippen LogP contribution in [0.1, 0.15) is 34.7 Å². The van der Waals surface area contributed by atoms with Crippen LogP contribution in [-0.4, -0.2) is 38.7 Å². The molecule has 3 heterocycles. The Morgan fingerprint density at radius 1 is 1.11 bits per heavy atom. The second-order valence-corrected chi connectivity index (χ2v) is 7.10. The van der Waals surface area contributed by atoms with Crippen LogP contribution in [-0.2, 0) is 7.05 Å². The van der Waals surface area contributed by atoms with E-state index in [0.717, 1.165) is 48.7 Å². The van der Waals surface area contributed by atoms with Gasteiger partial charge in [0, 0.05) is 31.9 Å². The van der Waals surface area contributed by atoms with E-state index < -0.39 is 0 Å². The Kier molecular flexibility index (Phi) is 4.81. The molecule has 0 unspecified atom stereocenters. The normalized spacial score (nSPS) is 13.8. The molecule has 7 heteroatoms. The number of nitrogens with zero attached hydrogens (tertiary/aromatic N) is 5. The number of rotatable bonds is 4. The molecule has 1 N–H and O–H groups in total. The van der Waals surface area contributed by atoms with Gasteiger partial charge in [0.1, 0.15) is 11.5 Å². The highest BCUT2D eigenvalue weighted by Gasteiger charge is 2.24. The first-order valence-corrected chi connectivity index (χ1v) is 9.53. The lowest BCUT2D eigenvalue weighted by Gasteiger charge is -2.17. The summed E-state index contributed by atoms with van der Waals surface area (Å²) < 4.78 is 1.81. The zero-order chi connectivity index (χ0) is 19.7. The largest absolute Gasteiger partial charge is 0.353 e. The standard InChI is InChI=1S/C21H24N6O/c1-14-18(20(25-26(14)3)27-11-7-8-12-27)24-21(28)17-13-22-15(2)23-19(17)16-9-5-4-6-10-16/h4-6,9-10,13H,7-8,11-12H2,1-3H3,(H,24,28). The van der Waals surface area contributed by atoms with E-state index >= 15 is 0 Å². The minimum absolute atomic E-state index is 0.226. The van der Waals surface area contributed by atoms with Gasteiger partial charge < -0.3 is 10.2 Å². The number of nitrogens with one attached hydrogen (secondary N) is 1. The van der Waals surface area contributed by atoms with E-state index in [9.17, 15) is 4.79 Å². The van der Waals surface area contributed by atoms with Crippen molar-refractivity contribution >= 4 is 17.4 Å². The van der Waals surface area contributed by atoms with E-state index in [-0.39, 0.29) is 5.91 Å². The predicted molar refractivity (Wildman–Crippen MR) is 110 cm³/mol. The minimum Gasteiger partial charge on any atom is -0.353 e. The molecule has 2 aromatic heterocycles. The predicted octanol–water partition coefficient (Wildman–Crippen LogP) is 3.35. The SMILES string of the molecule is Cc1ncc(C(=O)Nc2c(N3CCCC3)nn(C)c2C)c(-c2ccccc2)n1. The molecule has 4 rings (SSSR count). The molecule has 0 aliphatic carbocycles. The quantitative estimate of drug-likeness (QED) is 0.756. The second kappa shape index (κ2) is 7.42. The maximum Gasteiger partial charge on any atom is 0.259 e. The Morgan fingerprint density at radius 3 is 2.54 bits per heavy atom. The van der Waals surface area contributed by atoms with Crippen LogP contribution in [0.15, 0.2) is 36.5 Å². The van der Waals surface area contributed by atoms with Crippen molar-refractivity contribution in [3.8, 4) is 11.3 Å². The highest BCUT2D eigenvalue weighted by molar-refractivity contribution is 6.09. The van der Waals surface area contributed by atoms with Crippen molar-refractivity contribution in [2.24, 2.45) is 7.05 Å². The van der Waals surface area contributed by atoms with Gasteiger partial charge in [-0.05, 0) is 26.7 Å². The number of carbonyl (C=O) groups excluding carboxylic acids is 1. The number of carbonyl (C=O) groups is 1. The molecule has 3 aromatic rings. The third-order valence-corrected chi connectivity index (χ3v) is 5.16. The maximum absolute atomic E-state index is 13.2. The van der Waals surface area contributed by atoms with Gasteiger partial charge in [-0.3, -0.25) is 9.48 Å². The summed E-state index contributed by atoms with van der Waals surface area (Å²) in [5.41, 5.74) is 3.65. The lowest BCUT2D eigenvalue weighted by Crippen LogP contribution is -2.22. The number of hydrogen-bond acceptors (Lipinski definition) is 5. The van der Waals surface area contributed by atoms with Crippen LogP contribution in [0.4, 0.5) is 11.5 Å². The van der Waals surface area contributed by atoms with Gasteiger partial charge in [0.05, 0.1) is 17.0 Å². The van der Waals surface area contributed by atoms with E-state index in [0.29, 0.717) is 17.1 Å². The van der Waals surface area contributed by atoms with Gasteiger partial charge in [0.2, 0.25) is 0 Å². The Bertz CT molecular complexity index is 1010. The Balaban J connectivity index is 1.71. The molecule has 0 radical (unpaired) electrons. The lowest BCUT2D eigenvalue weighted by molar-refractivity contribution is 0.102. The van der Waals surface area contributed by atoms with E-state index in [4.69, 9.17) is 0 Å². The average Bonchev–Trinajstić information content (AvgIpc) is 3.33. The molecule has 1 aliphatic heterocycles. The van der Waals surface area contributed by atoms with E-state index in [1.165, 1.54) is 0 Å². The maximum atomic E-state index is 13.2. The first kappa shape index (κ1) is 18.2. The van der Waals surface area contributed by atoms with E-state index in [1.54, 1.807) is 6.20 Å². The first-order valence-electron chi connectivity index (χ1n) is 9.53. The summed E-state index contributed by atoms with van der Waals surface area (Å²) in [6.45, 7) is 5.71. The highest BCUT2D eigenvalue weighted by atomic mass is 16.1. The topological polar surface area (TPSA) is 75.9 Å². The molecule has 0 saturated carbocycles. The molecule has 1 amide bonds. The number of hydrogen-bond donors (Lipinski definition) is 1. The Labute approximate surface area is 164 Å². The number of benzene rings is 1. The van der Waals surface area contributed by atoms with Gasteiger partial charge in [-0.2, -0.15) is 5.10 Å². The lowest BCUT2D eigenvalue weighted by atomic mass is 10.1. The van der Waals surface area contributed by atoms with Gasteiger partial charge >= 0.3 is 0 Å². The summed E-state index contributed by atoms with van der Waals surface area (Å²) >= 11 is 0. The van der Waals surface area contributed by atoms with E-state index in [2.05, 4.69) is 25.3 Å². The first-order chi connectivity index (χ1) is 13.5. The fourth-order valence-corrected chi connectivity index (χ4v) is 3.52. The highest BCUT2D eigenvalue weighted by Crippen LogP contribution is 2.31. The van der Waals surface area contributed by atoms with Crippen LogP contribution in [0.2, 0.25) is 0 Å². The van der Waals surface area contributed by atoms with Crippen molar-refractivity contribution in [1.82, 2.24) is 19.7 Å². The van der Waals surface area contributed by atoms with Gasteiger partial charge in [-0.25, -0.2) is 9.97 Å². The zero-order valence-corrected chi connectivity index (χ0v) is 16.4. The van der Waals surface area contributed by atoms with Gasteiger partial charge in [0.15, 0.2) is 5.82 Å². The molecule has 7 nitrogen and oxygen atoms in total. The van der Waals surface area contributed by atoms with Crippen LogP contribution in [0, 0.1) is 13.8 Å². The van der Waals surface area contributed by atoms with Crippen molar-refractivity contribution in [3.63, 3.8) is 0 Å². The number of aromatic nitrogens is 4. The Morgan fingerprint density at radius 2 is 1.82 bits per heavy atom. The second-order valence-electron chi connectivity index (χ2n) is 7.10. The van der Waals surface area contributed by atoms with Crippen molar-refractivity contribution in [2.75, 3.05) is 23.3 Å². The van der Waals surface area contributed by atoms with Gasteiger partial charge in [-0.1, -0.05) is 30.3 Å². The smallest absolute Gasteiger partial charge is 0.259 e. The number of amides is 1. The third-order valence-electron chi connectivity index (χ3n) is 5.16. The summed E-state index contributed by atoms with van der Waals surface area (Å²) in [4.78, 5) is 24.2. The summed E-state index contributed by atoms with van der Waals surface area (Å²) in [6, 6.07) is 9.71. The summed E-state index contributed by atoms with van der Waals surface area (Å²) in [5, 5.41) is 7.71. The fourth-order valence-electron chi connectivity index (χ4n) is 3.52. The van der Waals surface area contributed by atoms with Crippen LogP contribution >= 0.6 is 0 Å². The summed E-state index contributed by atoms with van der Waals surface area (Å²) in [7, 11) is 1.90. The minimum atomic E-state index is -0.226. The molecule has 1 saturated heterocycles. The van der Waals surface area contributed by atoms with E-state index in [1.807, 2.05) is 55.9 Å². The fraction of sp³-hybridized carbons (Fsp3) is 0.333. The van der Waals surface area contributed by atoms with Crippen LogP contribution < -0.4 is 10.2 Å². The molecule has 0 atom stereocenters. The van der Waals surface area contributed by atoms with Crippen LogP contribution in [0.25, 0.3) is 11.3 Å². The number of aryl methyl sites for hydroxylation is 2. The molecular weight excluding hydrogens is 352 g/mol. The average molecular weight is 376 g/mol. The van der Waals surface area contributed by atoms with Gasteiger partial charge in [0.25, 0.3) is 5.91 Å². The molecule has 1 aliphatic rings. The molecular formula is C21H24N6O. The third kappa shape index (κ3) is 3.35. The van der Waals surface area contributed by atoms with Crippen LogP contribution in [0.5, 0.6) is 0 Å². The monoisotopic (exact) mass is 376 g/mol. The van der Waals surface area contributed by atoms with Crippen molar-refractivity contribution in [1.29, 1.82) is 0 Å². The molecule has 144 valence electrons. The molecule has 28 heavy (non-hydrogen) atoms. The van der Waals surface area contributed by atoms with Crippen molar-refractivity contribution in [3.05, 3.63) is 53.6 Å². The molecule has 0 spiro atoms. The molecule has 1 fully saturated rings. The number of anilines is 2. The summed E-state index contributed by atoms with van der Waals surface area (Å²) in [5.74, 6) is 1.24.